The van der Waals surface area contributed by atoms with Crippen molar-refractivity contribution < 1.29 is 4.79 Å². The fourth-order valence-corrected chi connectivity index (χ4v) is 3.59. The zero-order valence-electron chi connectivity index (χ0n) is 16.1. The molecule has 0 aliphatic carbocycles. The number of nitrogens with one attached hydrogen (secondary N) is 1. The molecular formula is C23H26N4O. The fourth-order valence-electron chi connectivity index (χ4n) is 3.59. The van der Waals surface area contributed by atoms with Gasteiger partial charge in [-0.15, -0.1) is 0 Å². The third-order valence-electron chi connectivity index (χ3n) is 5.21. The standard InChI is InChI=1S/C23H26N4O/c28-23(13-12-22-24-20-10-4-5-11-21(20)25-22)27-17-15-26(16-18-27)14-6-9-19-7-2-1-3-8-19/h1-11H,12-18H2,(H,24,25)/b9-6+. The van der Waals surface area contributed by atoms with Crippen molar-refractivity contribution in [1.82, 2.24) is 19.8 Å². The first-order chi connectivity index (χ1) is 13.8. The van der Waals surface area contributed by atoms with Crippen LogP contribution in [0.4, 0.5) is 0 Å². The average molecular weight is 374 g/mol. The van der Waals surface area contributed by atoms with Crippen LogP contribution in [0.1, 0.15) is 17.8 Å². The van der Waals surface area contributed by atoms with Crippen molar-refractivity contribution in [3.8, 4) is 0 Å². The molecule has 144 valence electrons. The molecule has 3 aromatic rings. The molecule has 0 unspecified atom stereocenters. The topological polar surface area (TPSA) is 52.2 Å². The quantitative estimate of drug-likeness (QED) is 0.720. The fraction of sp³-hybridized carbons (Fsp3) is 0.304. The number of carbonyl (C=O) groups excluding carboxylic acids is 1. The van der Waals surface area contributed by atoms with E-state index in [2.05, 4.69) is 51.3 Å². The molecule has 0 spiro atoms. The number of hydrogen-bond acceptors (Lipinski definition) is 3. The molecule has 2 aromatic carbocycles. The van der Waals surface area contributed by atoms with Gasteiger partial charge in [-0.25, -0.2) is 4.98 Å². The Labute approximate surface area is 165 Å². The zero-order valence-corrected chi connectivity index (χ0v) is 16.1. The van der Waals surface area contributed by atoms with Crippen LogP contribution in [0.25, 0.3) is 17.1 Å². The van der Waals surface area contributed by atoms with Gasteiger partial charge in [-0.2, -0.15) is 0 Å². The second-order valence-corrected chi connectivity index (χ2v) is 7.20. The third-order valence-corrected chi connectivity index (χ3v) is 5.21. The lowest BCUT2D eigenvalue weighted by molar-refractivity contribution is -0.132. The minimum atomic E-state index is 0.222. The van der Waals surface area contributed by atoms with E-state index in [1.54, 1.807) is 0 Å². The molecule has 1 N–H and O–H groups in total. The lowest BCUT2D eigenvalue weighted by atomic mass is 10.2. The van der Waals surface area contributed by atoms with Crippen molar-refractivity contribution in [2.75, 3.05) is 32.7 Å². The van der Waals surface area contributed by atoms with E-state index in [1.165, 1.54) is 5.56 Å². The molecule has 1 saturated heterocycles. The molecule has 4 rings (SSSR count). The number of nitrogens with zero attached hydrogens (tertiary/aromatic N) is 3. The highest BCUT2D eigenvalue weighted by molar-refractivity contribution is 5.77. The first-order valence-electron chi connectivity index (χ1n) is 9.93. The Morgan fingerprint density at radius 1 is 1.00 bits per heavy atom. The number of H-pyrrole nitrogens is 1. The Kier molecular flexibility index (Phi) is 5.83. The number of amides is 1. The molecule has 0 bridgehead atoms. The summed E-state index contributed by atoms with van der Waals surface area (Å²) in [6.45, 7) is 4.39. The van der Waals surface area contributed by atoms with Crippen LogP contribution in [0.2, 0.25) is 0 Å². The van der Waals surface area contributed by atoms with Gasteiger partial charge in [0.05, 0.1) is 11.0 Å². The first kappa shape index (κ1) is 18.4. The second kappa shape index (κ2) is 8.85. The number of para-hydroxylation sites is 2. The predicted octanol–water partition coefficient (Wildman–Crippen LogP) is 3.35. The minimum Gasteiger partial charge on any atom is -0.342 e. The molecule has 0 saturated carbocycles. The highest BCUT2D eigenvalue weighted by atomic mass is 16.2. The average Bonchev–Trinajstić information content (AvgIpc) is 3.16. The van der Waals surface area contributed by atoms with Gasteiger partial charge >= 0.3 is 0 Å². The van der Waals surface area contributed by atoms with E-state index in [1.807, 2.05) is 35.2 Å². The Bertz CT molecular complexity index is 906. The van der Waals surface area contributed by atoms with Crippen molar-refractivity contribution in [3.63, 3.8) is 0 Å². The van der Waals surface area contributed by atoms with Crippen LogP contribution in [0.5, 0.6) is 0 Å². The summed E-state index contributed by atoms with van der Waals surface area (Å²) in [6.07, 6.45) is 5.53. The molecular weight excluding hydrogens is 348 g/mol. The van der Waals surface area contributed by atoms with Crippen LogP contribution in [0, 0.1) is 0 Å². The SMILES string of the molecule is O=C(CCc1nc2ccccc2[nH]1)N1CCN(C/C=C/c2ccccc2)CC1. The van der Waals surface area contributed by atoms with Gasteiger partial charge in [-0.3, -0.25) is 9.69 Å². The number of fused-ring (bicyclic) bond motifs is 1. The molecule has 5 heteroatoms. The van der Waals surface area contributed by atoms with Crippen molar-refractivity contribution in [3.05, 3.63) is 72.1 Å². The third kappa shape index (κ3) is 4.67. The molecule has 1 aliphatic rings. The van der Waals surface area contributed by atoms with Gasteiger partial charge in [0, 0.05) is 45.6 Å². The summed E-state index contributed by atoms with van der Waals surface area (Å²) >= 11 is 0. The Hall–Kier alpha value is -2.92. The van der Waals surface area contributed by atoms with E-state index < -0.39 is 0 Å². The molecule has 1 aromatic heterocycles. The van der Waals surface area contributed by atoms with Gasteiger partial charge < -0.3 is 9.88 Å². The molecule has 0 radical (unpaired) electrons. The summed E-state index contributed by atoms with van der Waals surface area (Å²) in [6, 6.07) is 18.3. The van der Waals surface area contributed by atoms with Crippen molar-refractivity contribution in [1.29, 1.82) is 0 Å². The van der Waals surface area contributed by atoms with E-state index >= 15 is 0 Å². The van der Waals surface area contributed by atoms with E-state index in [-0.39, 0.29) is 5.91 Å². The molecule has 0 atom stereocenters. The monoisotopic (exact) mass is 374 g/mol. The maximum Gasteiger partial charge on any atom is 0.223 e. The van der Waals surface area contributed by atoms with Crippen LogP contribution in [-0.2, 0) is 11.2 Å². The molecule has 2 heterocycles. The second-order valence-electron chi connectivity index (χ2n) is 7.20. The van der Waals surface area contributed by atoms with Crippen molar-refractivity contribution in [2.45, 2.75) is 12.8 Å². The Balaban J connectivity index is 1.21. The van der Waals surface area contributed by atoms with Gasteiger partial charge in [-0.1, -0.05) is 54.6 Å². The summed E-state index contributed by atoms with van der Waals surface area (Å²) in [4.78, 5) is 24.8. The lowest BCUT2D eigenvalue weighted by Gasteiger charge is -2.34. The van der Waals surface area contributed by atoms with Crippen molar-refractivity contribution >= 4 is 23.0 Å². The lowest BCUT2D eigenvalue weighted by Crippen LogP contribution is -2.48. The summed E-state index contributed by atoms with van der Waals surface area (Å²) in [5, 5.41) is 0. The van der Waals surface area contributed by atoms with Crippen LogP contribution in [0.15, 0.2) is 60.7 Å². The maximum atomic E-state index is 12.5. The van der Waals surface area contributed by atoms with Gasteiger partial charge in [0.25, 0.3) is 0 Å². The van der Waals surface area contributed by atoms with E-state index in [0.717, 1.165) is 49.6 Å². The number of benzene rings is 2. The van der Waals surface area contributed by atoms with Crippen LogP contribution >= 0.6 is 0 Å². The number of hydrogen-bond donors (Lipinski definition) is 1. The highest BCUT2D eigenvalue weighted by Gasteiger charge is 2.20. The molecule has 5 nitrogen and oxygen atoms in total. The zero-order chi connectivity index (χ0) is 19.2. The number of aromatic amines is 1. The summed E-state index contributed by atoms with van der Waals surface area (Å²) in [5.74, 6) is 1.11. The van der Waals surface area contributed by atoms with Crippen molar-refractivity contribution in [2.24, 2.45) is 0 Å². The van der Waals surface area contributed by atoms with E-state index in [4.69, 9.17) is 0 Å². The number of imidazole rings is 1. The number of piperazine rings is 1. The highest BCUT2D eigenvalue weighted by Crippen LogP contribution is 2.12. The molecule has 1 amide bonds. The number of rotatable bonds is 6. The van der Waals surface area contributed by atoms with Gasteiger partial charge in [-0.05, 0) is 17.7 Å². The minimum absolute atomic E-state index is 0.222. The summed E-state index contributed by atoms with van der Waals surface area (Å²) < 4.78 is 0. The maximum absolute atomic E-state index is 12.5. The van der Waals surface area contributed by atoms with Gasteiger partial charge in [0.2, 0.25) is 5.91 Å². The Morgan fingerprint density at radius 2 is 1.75 bits per heavy atom. The van der Waals surface area contributed by atoms with Gasteiger partial charge in [0.15, 0.2) is 0 Å². The van der Waals surface area contributed by atoms with Crippen LogP contribution in [0.3, 0.4) is 0 Å². The molecule has 28 heavy (non-hydrogen) atoms. The summed E-state index contributed by atoms with van der Waals surface area (Å²) in [5.41, 5.74) is 3.21. The van der Waals surface area contributed by atoms with Crippen LogP contribution < -0.4 is 0 Å². The smallest absolute Gasteiger partial charge is 0.223 e. The number of aromatic nitrogens is 2. The van der Waals surface area contributed by atoms with Gasteiger partial charge in [0.1, 0.15) is 5.82 Å². The summed E-state index contributed by atoms with van der Waals surface area (Å²) in [7, 11) is 0. The molecule has 1 aliphatic heterocycles. The number of aryl methyl sites for hydroxylation is 1. The normalized spacial score (nSPS) is 15.5. The predicted molar refractivity (Wildman–Crippen MR) is 113 cm³/mol. The largest absolute Gasteiger partial charge is 0.342 e. The van der Waals surface area contributed by atoms with Crippen LogP contribution in [-0.4, -0.2) is 58.4 Å². The first-order valence-corrected chi connectivity index (χ1v) is 9.93. The Morgan fingerprint density at radius 3 is 2.54 bits per heavy atom. The van der Waals surface area contributed by atoms with E-state index in [9.17, 15) is 4.79 Å². The molecule has 1 fully saturated rings. The van der Waals surface area contributed by atoms with E-state index in [0.29, 0.717) is 12.8 Å². The number of carbonyl (C=O) groups is 1.